The molecule has 1 amide bonds. The van der Waals surface area contributed by atoms with Gasteiger partial charge in [-0.3, -0.25) is 9.59 Å². The van der Waals surface area contributed by atoms with E-state index in [0.717, 1.165) is 17.0 Å². The maximum atomic E-state index is 14.2. The number of aliphatic imine (C=N–C) groups is 2. The zero-order chi connectivity index (χ0) is 31.1. The molecule has 1 unspecified atom stereocenters. The van der Waals surface area contributed by atoms with Crippen molar-refractivity contribution in [2.24, 2.45) is 21.6 Å². The van der Waals surface area contributed by atoms with Crippen molar-refractivity contribution in [3.8, 4) is 11.3 Å². The number of halogens is 1. The molecule has 2 heterocycles. The number of anilines is 1. The summed E-state index contributed by atoms with van der Waals surface area (Å²) in [5.74, 6) is -0.611. The second-order valence-electron chi connectivity index (χ2n) is 11.4. The molecule has 0 spiro atoms. The van der Waals surface area contributed by atoms with Gasteiger partial charge >= 0.3 is 0 Å². The number of para-hydroxylation sites is 1. The number of hydrogen-bond donors (Lipinski definition) is 3. The summed E-state index contributed by atoms with van der Waals surface area (Å²) >= 11 is 0. The minimum absolute atomic E-state index is 0.0513. The molecule has 3 aromatic rings. The first-order valence-electron chi connectivity index (χ1n) is 14.7. The van der Waals surface area contributed by atoms with Crippen molar-refractivity contribution in [3.05, 3.63) is 89.4 Å². The number of amides is 1. The number of carbonyl (C=O) groups excluding carboxylic acids is 2. The van der Waals surface area contributed by atoms with Crippen LogP contribution >= 0.6 is 0 Å². The molecule has 1 aromatic heterocycles. The molecule has 2 atom stereocenters. The molecule has 8 nitrogen and oxygen atoms in total. The van der Waals surface area contributed by atoms with E-state index in [1.54, 1.807) is 12.1 Å². The minimum atomic E-state index is -0.714. The molecule has 0 fully saturated rings. The van der Waals surface area contributed by atoms with Gasteiger partial charge in [0.05, 0.1) is 29.6 Å². The highest BCUT2D eigenvalue weighted by Gasteiger charge is 2.32. The first-order chi connectivity index (χ1) is 20.5. The van der Waals surface area contributed by atoms with Gasteiger partial charge < -0.3 is 20.7 Å². The van der Waals surface area contributed by atoms with Gasteiger partial charge in [0, 0.05) is 29.9 Å². The van der Waals surface area contributed by atoms with Crippen molar-refractivity contribution in [3.63, 3.8) is 0 Å². The Hall–Kier alpha value is -4.37. The van der Waals surface area contributed by atoms with Gasteiger partial charge in [0.25, 0.3) is 5.91 Å². The average Bonchev–Trinajstić information content (AvgIpc) is 3.14. The van der Waals surface area contributed by atoms with Crippen molar-refractivity contribution < 1.29 is 19.1 Å². The Labute approximate surface area is 252 Å². The molecule has 9 heteroatoms. The van der Waals surface area contributed by atoms with Crippen LogP contribution < -0.4 is 11.1 Å². The Kier molecular flexibility index (Phi) is 10.4. The topological polar surface area (TPSA) is 122 Å². The molecule has 0 aliphatic carbocycles. The van der Waals surface area contributed by atoms with Crippen molar-refractivity contribution in [1.29, 1.82) is 0 Å². The number of nitrogens with two attached hydrogens (primary N) is 1. The Morgan fingerprint density at radius 2 is 1.79 bits per heavy atom. The molecule has 2 aromatic carbocycles. The van der Waals surface area contributed by atoms with Gasteiger partial charge in [0.15, 0.2) is 0 Å². The average molecular weight is 586 g/mol. The lowest BCUT2D eigenvalue weighted by atomic mass is 9.96. The van der Waals surface area contributed by atoms with Crippen LogP contribution in [0.2, 0.25) is 0 Å². The molecule has 4 N–H and O–H groups in total. The first-order valence-corrected chi connectivity index (χ1v) is 14.7. The number of aliphatic hydroxyl groups excluding tert-OH is 1. The fourth-order valence-electron chi connectivity index (χ4n) is 5.56. The van der Waals surface area contributed by atoms with Gasteiger partial charge in [-0.25, -0.2) is 14.4 Å². The highest BCUT2D eigenvalue weighted by atomic mass is 19.1. The van der Waals surface area contributed by atoms with E-state index >= 15 is 0 Å². The Balaban J connectivity index is 1.93. The quantitative estimate of drug-likeness (QED) is 0.238. The van der Waals surface area contributed by atoms with Crippen LogP contribution in [0.1, 0.15) is 74.5 Å². The van der Waals surface area contributed by atoms with Gasteiger partial charge in [-0.15, -0.1) is 0 Å². The number of Topliss-reactive ketones (excluding diaryl/α,β-unsaturated/α-hetero) is 1. The maximum absolute atomic E-state index is 14.2. The summed E-state index contributed by atoms with van der Waals surface area (Å²) in [7, 11) is 0. The fraction of sp³-hybridized carbons (Fsp3) is 0.353. The lowest BCUT2D eigenvalue weighted by Crippen LogP contribution is -2.19. The molecule has 1 aliphatic rings. The van der Waals surface area contributed by atoms with Crippen LogP contribution in [0.25, 0.3) is 11.3 Å². The lowest BCUT2D eigenvalue weighted by molar-refractivity contribution is -0.119. The summed E-state index contributed by atoms with van der Waals surface area (Å²) in [4.78, 5) is 34.6. The predicted octanol–water partition coefficient (Wildman–Crippen LogP) is 6.10. The third-order valence-corrected chi connectivity index (χ3v) is 7.40. The number of allylic oxidation sites excluding steroid dienone is 1. The van der Waals surface area contributed by atoms with Crippen molar-refractivity contribution in [2.75, 3.05) is 11.9 Å². The molecule has 0 bridgehead atoms. The van der Waals surface area contributed by atoms with Gasteiger partial charge in [0.2, 0.25) is 5.96 Å². The molecule has 4 rings (SSSR count). The van der Waals surface area contributed by atoms with E-state index in [1.807, 2.05) is 63.3 Å². The lowest BCUT2D eigenvalue weighted by Gasteiger charge is -2.20. The van der Waals surface area contributed by atoms with Crippen LogP contribution in [0.5, 0.6) is 0 Å². The standard InChI is InChI=1S/C34H40FN5O3/c1-21(2)31-30(33(43)38-26-9-6-5-7-10-26)29(28-11-8-17-37-34(36)39-28)32(24-12-14-25(35)15-13-24)40(31)18-16-22(3)19-27(42)20-23(4)41/h5-15,21-22,27,42H,16-20H2,1-4H3,(H2,36,37)(H,38,43)/t22-,27?/m1/s1. The van der Waals surface area contributed by atoms with Crippen LogP contribution in [0, 0.1) is 11.7 Å². The number of benzene rings is 2. The van der Waals surface area contributed by atoms with E-state index in [4.69, 9.17) is 5.73 Å². The fourth-order valence-corrected chi connectivity index (χ4v) is 5.56. The SMILES string of the molecule is CC(=O)CC(O)C[C@H](C)CCn1c(-c2ccc(F)cc2)c(C2=NC(N)=NCC=C2)c(C(=O)Nc2ccccc2)c1C(C)C. The van der Waals surface area contributed by atoms with Crippen molar-refractivity contribution in [1.82, 2.24) is 4.57 Å². The highest BCUT2D eigenvalue weighted by molar-refractivity contribution is 6.23. The smallest absolute Gasteiger partial charge is 0.258 e. The van der Waals surface area contributed by atoms with E-state index in [1.165, 1.54) is 19.1 Å². The zero-order valence-corrected chi connectivity index (χ0v) is 25.2. The van der Waals surface area contributed by atoms with Crippen LogP contribution in [0.3, 0.4) is 0 Å². The van der Waals surface area contributed by atoms with Crippen molar-refractivity contribution in [2.45, 2.75) is 65.5 Å². The Morgan fingerprint density at radius 1 is 1.09 bits per heavy atom. The Bertz CT molecular complexity index is 1540. The number of nitrogens with one attached hydrogen (secondary N) is 1. The summed E-state index contributed by atoms with van der Waals surface area (Å²) in [5, 5.41) is 13.5. The number of rotatable bonds is 12. The molecule has 43 heavy (non-hydrogen) atoms. The number of guanidine groups is 1. The van der Waals surface area contributed by atoms with E-state index < -0.39 is 6.10 Å². The second kappa shape index (κ2) is 14.2. The molecule has 0 radical (unpaired) electrons. The maximum Gasteiger partial charge on any atom is 0.258 e. The van der Waals surface area contributed by atoms with E-state index in [0.29, 0.717) is 48.5 Å². The molecular weight excluding hydrogens is 545 g/mol. The Morgan fingerprint density at radius 3 is 2.44 bits per heavy atom. The third kappa shape index (κ3) is 7.93. The van der Waals surface area contributed by atoms with E-state index in [-0.39, 0.29) is 41.7 Å². The number of nitrogens with zero attached hydrogens (tertiary/aromatic N) is 3. The predicted molar refractivity (Wildman–Crippen MR) is 170 cm³/mol. The zero-order valence-electron chi connectivity index (χ0n) is 25.2. The third-order valence-electron chi connectivity index (χ3n) is 7.40. The number of ketones is 1. The van der Waals surface area contributed by atoms with E-state index in [2.05, 4.69) is 19.9 Å². The van der Waals surface area contributed by atoms with Crippen LogP contribution in [0.15, 0.2) is 76.7 Å². The molecule has 0 saturated heterocycles. The van der Waals surface area contributed by atoms with Crippen LogP contribution in [-0.4, -0.2) is 45.7 Å². The van der Waals surface area contributed by atoms with Crippen LogP contribution in [0.4, 0.5) is 10.1 Å². The minimum Gasteiger partial charge on any atom is -0.393 e. The molecule has 226 valence electrons. The van der Waals surface area contributed by atoms with Gasteiger partial charge in [-0.05, 0) is 79.6 Å². The number of aliphatic hydroxyl groups is 1. The van der Waals surface area contributed by atoms with E-state index in [9.17, 15) is 19.1 Å². The number of aromatic nitrogens is 1. The summed E-state index contributed by atoms with van der Waals surface area (Å²) in [5.41, 5.74) is 10.5. The van der Waals surface area contributed by atoms with Gasteiger partial charge in [-0.1, -0.05) is 45.0 Å². The largest absolute Gasteiger partial charge is 0.393 e. The number of carbonyl (C=O) groups is 2. The first kappa shape index (κ1) is 31.6. The highest BCUT2D eigenvalue weighted by Crippen LogP contribution is 2.38. The molecule has 0 saturated carbocycles. The summed E-state index contributed by atoms with van der Waals surface area (Å²) in [6.07, 6.45) is 4.21. The normalized spacial score (nSPS) is 14.6. The van der Waals surface area contributed by atoms with Crippen LogP contribution in [-0.2, 0) is 11.3 Å². The van der Waals surface area contributed by atoms with Gasteiger partial charge in [0.1, 0.15) is 11.6 Å². The van der Waals surface area contributed by atoms with Gasteiger partial charge in [-0.2, -0.15) is 0 Å². The summed E-state index contributed by atoms with van der Waals surface area (Å²) in [6, 6.07) is 15.4. The summed E-state index contributed by atoms with van der Waals surface area (Å²) in [6.45, 7) is 8.45. The number of hydrogen-bond acceptors (Lipinski definition) is 6. The second-order valence-corrected chi connectivity index (χ2v) is 11.4. The molecule has 1 aliphatic heterocycles. The van der Waals surface area contributed by atoms with Crippen molar-refractivity contribution >= 4 is 29.0 Å². The monoisotopic (exact) mass is 585 g/mol. The molecular formula is C34H40FN5O3. The summed E-state index contributed by atoms with van der Waals surface area (Å²) < 4.78 is 16.2.